The minimum Gasteiger partial charge on any atom is -0.391 e. The fourth-order valence-electron chi connectivity index (χ4n) is 0.850. The van der Waals surface area contributed by atoms with Crippen LogP contribution in [-0.4, -0.2) is 36.4 Å². The SMILES string of the molecule is CN(C)CCSc1ccc(CO)s1. The number of thioether (sulfide) groups is 1. The number of aliphatic hydroxyl groups excluding tert-OH is 1. The summed E-state index contributed by atoms with van der Waals surface area (Å²) in [5.74, 6) is 1.11. The molecule has 0 aliphatic heterocycles. The molecule has 1 N–H and O–H groups in total. The lowest BCUT2D eigenvalue weighted by atomic mass is 10.5. The van der Waals surface area contributed by atoms with E-state index in [4.69, 9.17) is 5.11 Å². The third-order valence-electron chi connectivity index (χ3n) is 1.58. The van der Waals surface area contributed by atoms with Gasteiger partial charge in [-0.25, -0.2) is 0 Å². The molecule has 0 bridgehead atoms. The summed E-state index contributed by atoms with van der Waals surface area (Å²) >= 11 is 3.53. The second-order valence-corrected chi connectivity index (χ2v) is 5.59. The highest BCUT2D eigenvalue weighted by molar-refractivity contribution is 8.01. The van der Waals surface area contributed by atoms with E-state index in [-0.39, 0.29) is 6.61 Å². The van der Waals surface area contributed by atoms with Crippen molar-refractivity contribution in [2.24, 2.45) is 0 Å². The molecule has 1 aromatic rings. The van der Waals surface area contributed by atoms with Crippen LogP contribution in [0, 0.1) is 0 Å². The van der Waals surface area contributed by atoms with Gasteiger partial charge >= 0.3 is 0 Å². The Bertz CT molecular complexity index is 248. The lowest BCUT2D eigenvalue weighted by Crippen LogP contribution is -2.14. The van der Waals surface area contributed by atoms with E-state index in [1.807, 2.05) is 17.8 Å². The smallest absolute Gasteiger partial charge is 0.0774 e. The second-order valence-electron chi connectivity index (χ2n) is 3.03. The summed E-state index contributed by atoms with van der Waals surface area (Å²) in [5.41, 5.74) is 0. The molecule has 1 aromatic heterocycles. The van der Waals surface area contributed by atoms with Gasteiger partial charge in [-0.15, -0.1) is 23.1 Å². The van der Waals surface area contributed by atoms with Crippen molar-refractivity contribution < 1.29 is 5.11 Å². The van der Waals surface area contributed by atoms with E-state index in [0.29, 0.717) is 0 Å². The normalized spacial score (nSPS) is 11.1. The number of thiophene rings is 1. The van der Waals surface area contributed by atoms with Gasteiger partial charge in [0, 0.05) is 17.2 Å². The maximum absolute atomic E-state index is 8.86. The first-order valence-electron chi connectivity index (χ1n) is 4.19. The first-order chi connectivity index (χ1) is 6.22. The predicted octanol–water partition coefficient (Wildman–Crippen LogP) is 1.89. The van der Waals surface area contributed by atoms with E-state index < -0.39 is 0 Å². The summed E-state index contributed by atoms with van der Waals surface area (Å²) in [6.45, 7) is 1.26. The minimum atomic E-state index is 0.166. The molecule has 2 nitrogen and oxygen atoms in total. The van der Waals surface area contributed by atoms with Crippen LogP contribution in [0.5, 0.6) is 0 Å². The van der Waals surface area contributed by atoms with E-state index in [1.54, 1.807) is 11.3 Å². The Labute approximate surface area is 87.6 Å². The zero-order valence-electron chi connectivity index (χ0n) is 7.99. The van der Waals surface area contributed by atoms with Crippen molar-refractivity contribution in [3.63, 3.8) is 0 Å². The van der Waals surface area contributed by atoms with Crippen LogP contribution < -0.4 is 0 Å². The second kappa shape index (κ2) is 5.65. The van der Waals surface area contributed by atoms with E-state index in [9.17, 15) is 0 Å². The zero-order valence-corrected chi connectivity index (χ0v) is 9.62. The highest BCUT2D eigenvalue weighted by atomic mass is 32.2. The van der Waals surface area contributed by atoms with Gasteiger partial charge in [0.05, 0.1) is 10.8 Å². The molecule has 0 atom stereocenters. The van der Waals surface area contributed by atoms with Crippen LogP contribution in [0.4, 0.5) is 0 Å². The Morgan fingerprint density at radius 2 is 2.23 bits per heavy atom. The molecule has 0 aromatic carbocycles. The molecule has 13 heavy (non-hydrogen) atoms. The lowest BCUT2D eigenvalue weighted by molar-refractivity contribution is 0.285. The fraction of sp³-hybridized carbons (Fsp3) is 0.556. The van der Waals surface area contributed by atoms with E-state index in [0.717, 1.165) is 17.2 Å². The number of rotatable bonds is 5. The third-order valence-corrected chi connectivity index (χ3v) is 3.85. The van der Waals surface area contributed by atoms with Gasteiger partial charge in [0.1, 0.15) is 0 Å². The number of hydrogen-bond donors (Lipinski definition) is 1. The Morgan fingerprint density at radius 3 is 2.77 bits per heavy atom. The average Bonchev–Trinajstić information content (AvgIpc) is 2.52. The van der Waals surface area contributed by atoms with Crippen LogP contribution in [0.15, 0.2) is 16.3 Å². The molecule has 4 heteroatoms. The van der Waals surface area contributed by atoms with Gasteiger partial charge < -0.3 is 10.0 Å². The summed E-state index contributed by atoms with van der Waals surface area (Å²) in [6.07, 6.45) is 0. The lowest BCUT2D eigenvalue weighted by Gasteiger charge is -2.07. The van der Waals surface area contributed by atoms with Gasteiger partial charge in [-0.2, -0.15) is 0 Å². The van der Waals surface area contributed by atoms with Crippen molar-refractivity contribution >= 4 is 23.1 Å². The Hall–Kier alpha value is -0.0300. The molecule has 0 amide bonds. The highest BCUT2D eigenvalue weighted by Gasteiger charge is 1.99. The molecule has 0 unspecified atom stereocenters. The monoisotopic (exact) mass is 217 g/mol. The first-order valence-corrected chi connectivity index (χ1v) is 5.99. The van der Waals surface area contributed by atoms with Crippen molar-refractivity contribution in [1.29, 1.82) is 0 Å². The molecule has 0 spiro atoms. The number of nitrogens with zero attached hydrogens (tertiary/aromatic N) is 1. The van der Waals surface area contributed by atoms with Crippen molar-refractivity contribution in [2.45, 2.75) is 10.8 Å². The molecular formula is C9H15NOS2. The third kappa shape index (κ3) is 4.13. The van der Waals surface area contributed by atoms with Gasteiger partial charge in [-0.3, -0.25) is 0 Å². The highest BCUT2D eigenvalue weighted by Crippen LogP contribution is 2.26. The van der Waals surface area contributed by atoms with E-state index in [2.05, 4.69) is 25.1 Å². The minimum absolute atomic E-state index is 0.166. The average molecular weight is 217 g/mol. The van der Waals surface area contributed by atoms with Crippen LogP contribution in [0.25, 0.3) is 0 Å². The molecule has 1 rings (SSSR count). The Morgan fingerprint density at radius 1 is 1.46 bits per heavy atom. The quantitative estimate of drug-likeness (QED) is 0.762. The van der Waals surface area contributed by atoms with Crippen LogP contribution in [0.1, 0.15) is 4.88 Å². The summed E-state index contributed by atoms with van der Waals surface area (Å²) in [4.78, 5) is 3.22. The van der Waals surface area contributed by atoms with Crippen LogP contribution >= 0.6 is 23.1 Å². The molecule has 0 saturated heterocycles. The summed E-state index contributed by atoms with van der Waals surface area (Å²) in [5, 5.41) is 8.86. The Kier molecular flexibility index (Phi) is 4.80. The largest absolute Gasteiger partial charge is 0.391 e. The van der Waals surface area contributed by atoms with E-state index >= 15 is 0 Å². The molecular weight excluding hydrogens is 202 g/mol. The molecule has 0 aliphatic carbocycles. The molecule has 1 heterocycles. The predicted molar refractivity (Wildman–Crippen MR) is 59.5 cm³/mol. The summed E-state index contributed by atoms with van der Waals surface area (Å²) < 4.78 is 1.30. The van der Waals surface area contributed by atoms with Crippen LogP contribution in [0.3, 0.4) is 0 Å². The maximum Gasteiger partial charge on any atom is 0.0774 e. The van der Waals surface area contributed by atoms with E-state index in [1.165, 1.54) is 4.21 Å². The number of aliphatic hydroxyl groups is 1. The number of hydrogen-bond acceptors (Lipinski definition) is 4. The van der Waals surface area contributed by atoms with Gasteiger partial charge in [0.25, 0.3) is 0 Å². The fourth-order valence-corrected chi connectivity index (χ4v) is 3.07. The molecule has 74 valence electrons. The van der Waals surface area contributed by atoms with Gasteiger partial charge in [-0.05, 0) is 26.2 Å². The van der Waals surface area contributed by atoms with Crippen molar-refractivity contribution in [2.75, 3.05) is 26.4 Å². The van der Waals surface area contributed by atoms with Crippen molar-refractivity contribution in [3.8, 4) is 0 Å². The van der Waals surface area contributed by atoms with Gasteiger partial charge in [0.2, 0.25) is 0 Å². The maximum atomic E-state index is 8.86. The van der Waals surface area contributed by atoms with Crippen LogP contribution in [0.2, 0.25) is 0 Å². The summed E-state index contributed by atoms with van der Waals surface area (Å²) in [6, 6.07) is 4.07. The standard InChI is InChI=1S/C9H15NOS2/c1-10(2)5-6-12-9-4-3-8(7-11)13-9/h3-4,11H,5-7H2,1-2H3. The summed E-state index contributed by atoms with van der Waals surface area (Å²) in [7, 11) is 4.16. The zero-order chi connectivity index (χ0) is 9.68. The van der Waals surface area contributed by atoms with Gasteiger partial charge in [0.15, 0.2) is 0 Å². The van der Waals surface area contributed by atoms with Crippen molar-refractivity contribution in [3.05, 3.63) is 17.0 Å². The Balaban J connectivity index is 2.28. The molecule has 0 radical (unpaired) electrons. The van der Waals surface area contributed by atoms with Crippen LogP contribution in [-0.2, 0) is 6.61 Å². The topological polar surface area (TPSA) is 23.5 Å². The molecule has 0 aliphatic rings. The molecule has 0 saturated carbocycles. The first kappa shape index (κ1) is 11.0. The van der Waals surface area contributed by atoms with Gasteiger partial charge in [-0.1, -0.05) is 0 Å². The molecule has 0 fully saturated rings. The van der Waals surface area contributed by atoms with Crippen molar-refractivity contribution in [1.82, 2.24) is 4.90 Å².